The van der Waals surface area contributed by atoms with Crippen molar-refractivity contribution in [3.05, 3.63) is 64.7 Å². The van der Waals surface area contributed by atoms with Gasteiger partial charge in [0.2, 0.25) is 0 Å². The number of rotatable bonds is 5. The number of aryl methyl sites for hydroxylation is 1. The number of carbonyl (C=O) groups excluding carboxylic acids is 1. The third-order valence-corrected chi connectivity index (χ3v) is 6.10. The number of thiazole rings is 1. The van der Waals surface area contributed by atoms with E-state index in [-0.39, 0.29) is 11.7 Å². The Morgan fingerprint density at radius 2 is 2.21 bits per heavy atom. The van der Waals surface area contributed by atoms with Crippen LogP contribution in [-0.4, -0.2) is 33.8 Å². The Labute approximate surface area is 166 Å². The van der Waals surface area contributed by atoms with E-state index < -0.39 is 5.54 Å². The summed E-state index contributed by atoms with van der Waals surface area (Å²) in [5.74, 6) is -0.303. The van der Waals surface area contributed by atoms with Gasteiger partial charge in [0.05, 0.1) is 0 Å². The van der Waals surface area contributed by atoms with Crippen molar-refractivity contribution in [2.75, 3.05) is 18.4 Å². The van der Waals surface area contributed by atoms with Crippen LogP contribution in [0.1, 0.15) is 28.8 Å². The molecule has 1 amide bonds. The number of benzene rings is 1. The first kappa shape index (κ1) is 18.8. The zero-order valence-corrected chi connectivity index (χ0v) is 16.4. The van der Waals surface area contributed by atoms with Gasteiger partial charge in [-0.1, -0.05) is 12.1 Å². The lowest BCUT2D eigenvalue weighted by molar-refractivity contribution is -0.126. The fourth-order valence-electron chi connectivity index (χ4n) is 3.53. The lowest BCUT2D eigenvalue weighted by atomic mass is 9.87. The minimum absolute atomic E-state index is 0.0972. The van der Waals surface area contributed by atoms with Crippen molar-refractivity contribution in [3.63, 3.8) is 0 Å². The number of hydrogen-bond donors (Lipinski definition) is 2. The maximum absolute atomic E-state index is 13.8. The summed E-state index contributed by atoms with van der Waals surface area (Å²) in [6.45, 7) is 3.26. The molecule has 3 heterocycles. The van der Waals surface area contributed by atoms with Gasteiger partial charge >= 0.3 is 0 Å². The summed E-state index contributed by atoms with van der Waals surface area (Å²) in [6.07, 6.45) is 7.19. The van der Waals surface area contributed by atoms with Crippen molar-refractivity contribution in [1.82, 2.24) is 20.1 Å². The molecule has 0 unspecified atom stereocenters. The fourth-order valence-corrected chi connectivity index (χ4v) is 4.37. The van der Waals surface area contributed by atoms with Crippen molar-refractivity contribution in [2.24, 2.45) is 0 Å². The number of aromatic nitrogens is 3. The van der Waals surface area contributed by atoms with Crippen LogP contribution >= 0.6 is 11.3 Å². The highest BCUT2D eigenvalue weighted by Crippen LogP contribution is 2.30. The molecular formula is C20H22FN5OS. The predicted octanol–water partition coefficient (Wildman–Crippen LogP) is 3.10. The summed E-state index contributed by atoms with van der Waals surface area (Å²) in [7, 11) is 0. The molecule has 1 aliphatic rings. The van der Waals surface area contributed by atoms with Crippen LogP contribution in [0.4, 0.5) is 9.52 Å². The number of carbonyl (C=O) groups is 1. The summed E-state index contributed by atoms with van der Waals surface area (Å²) >= 11 is 1.42. The van der Waals surface area contributed by atoms with Gasteiger partial charge in [0.25, 0.3) is 5.91 Å². The highest BCUT2D eigenvalue weighted by Gasteiger charge is 2.42. The Hall–Kier alpha value is -2.58. The van der Waals surface area contributed by atoms with Crippen LogP contribution in [0.25, 0.3) is 0 Å². The van der Waals surface area contributed by atoms with E-state index in [4.69, 9.17) is 0 Å². The van der Waals surface area contributed by atoms with Crippen LogP contribution in [0.3, 0.4) is 0 Å². The number of nitrogens with one attached hydrogen (secondary N) is 2. The monoisotopic (exact) mass is 399 g/mol. The summed E-state index contributed by atoms with van der Waals surface area (Å²) in [4.78, 5) is 18.5. The van der Waals surface area contributed by atoms with Gasteiger partial charge in [-0.2, -0.15) is 5.10 Å². The van der Waals surface area contributed by atoms with Crippen LogP contribution in [-0.2, 0) is 16.8 Å². The van der Waals surface area contributed by atoms with E-state index >= 15 is 0 Å². The molecule has 1 fully saturated rings. The van der Waals surface area contributed by atoms with Gasteiger partial charge in [-0.05, 0) is 56.1 Å². The summed E-state index contributed by atoms with van der Waals surface area (Å²) in [5, 5.41) is 11.1. The molecule has 8 heteroatoms. The summed E-state index contributed by atoms with van der Waals surface area (Å²) in [5.41, 5.74) is 0.809. The van der Waals surface area contributed by atoms with Crippen molar-refractivity contribution in [2.45, 2.75) is 31.7 Å². The van der Waals surface area contributed by atoms with Gasteiger partial charge in [0, 0.05) is 29.9 Å². The van der Waals surface area contributed by atoms with Crippen molar-refractivity contribution >= 4 is 22.4 Å². The number of halogens is 1. The second kappa shape index (κ2) is 7.81. The van der Waals surface area contributed by atoms with E-state index in [1.807, 2.05) is 18.3 Å². The second-order valence-electron chi connectivity index (χ2n) is 7.08. The molecular weight excluding hydrogens is 377 g/mol. The van der Waals surface area contributed by atoms with Crippen molar-refractivity contribution < 1.29 is 9.18 Å². The molecule has 6 nitrogen and oxygen atoms in total. The molecule has 0 spiro atoms. The molecule has 1 saturated heterocycles. The largest absolute Gasteiger partial charge is 0.317 e. The van der Waals surface area contributed by atoms with Gasteiger partial charge in [-0.15, -0.1) is 11.3 Å². The Morgan fingerprint density at radius 3 is 2.93 bits per heavy atom. The third kappa shape index (κ3) is 3.70. The molecule has 28 heavy (non-hydrogen) atoms. The minimum Gasteiger partial charge on any atom is -0.317 e. The lowest BCUT2D eigenvalue weighted by Crippen LogP contribution is -2.52. The van der Waals surface area contributed by atoms with Gasteiger partial charge in [0.15, 0.2) is 5.13 Å². The van der Waals surface area contributed by atoms with Crippen LogP contribution in [0, 0.1) is 12.7 Å². The minimum atomic E-state index is -0.708. The first-order chi connectivity index (χ1) is 13.6. The standard InChI is InChI=1S/C20H22FN5OS/c1-14-3-4-15(12-17(14)21)11-16-13-23-19(28-16)25-18(27)20(5-8-22-9-6-20)26-10-2-7-24-26/h2-4,7,10,12-13,22H,5-6,8-9,11H2,1H3,(H,23,25,27). The van der Waals surface area contributed by atoms with Crippen LogP contribution in [0.2, 0.25) is 0 Å². The zero-order chi connectivity index (χ0) is 19.6. The second-order valence-corrected chi connectivity index (χ2v) is 8.19. The van der Waals surface area contributed by atoms with E-state index in [0.29, 0.717) is 30.0 Å². The molecule has 2 aromatic heterocycles. The molecule has 0 saturated carbocycles. The highest BCUT2D eigenvalue weighted by atomic mass is 32.1. The maximum atomic E-state index is 13.8. The number of hydrogen-bond acceptors (Lipinski definition) is 5. The first-order valence-electron chi connectivity index (χ1n) is 9.29. The lowest BCUT2D eigenvalue weighted by Gasteiger charge is -2.36. The quantitative estimate of drug-likeness (QED) is 0.692. The van der Waals surface area contributed by atoms with E-state index in [9.17, 15) is 9.18 Å². The predicted molar refractivity (Wildman–Crippen MR) is 107 cm³/mol. The zero-order valence-electron chi connectivity index (χ0n) is 15.6. The first-order valence-corrected chi connectivity index (χ1v) is 10.1. The Kier molecular flexibility index (Phi) is 5.23. The Balaban J connectivity index is 1.49. The molecule has 4 rings (SSSR count). The van der Waals surface area contributed by atoms with E-state index in [1.165, 1.54) is 11.3 Å². The average Bonchev–Trinajstić information content (AvgIpc) is 3.38. The number of amides is 1. The normalized spacial score (nSPS) is 16.1. The number of piperidine rings is 1. The summed E-state index contributed by atoms with van der Waals surface area (Å²) < 4.78 is 15.5. The third-order valence-electron chi connectivity index (χ3n) is 5.18. The molecule has 0 atom stereocenters. The highest BCUT2D eigenvalue weighted by molar-refractivity contribution is 7.15. The molecule has 1 aliphatic heterocycles. The van der Waals surface area contributed by atoms with E-state index in [2.05, 4.69) is 20.7 Å². The van der Waals surface area contributed by atoms with Gasteiger partial charge in [-0.25, -0.2) is 9.37 Å². The van der Waals surface area contributed by atoms with Gasteiger partial charge in [-0.3, -0.25) is 14.8 Å². The summed E-state index contributed by atoms with van der Waals surface area (Å²) in [6, 6.07) is 7.08. The molecule has 146 valence electrons. The fraction of sp³-hybridized carbons (Fsp3) is 0.350. The van der Waals surface area contributed by atoms with Crippen LogP contribution in [0.15, 0.2) is 42.9 Å². The molecule has 0 bridgehead atoms. The van der Waals surface area contributed by atoms with Crippen molar-refractivity contribution in [3.8, 4) is 0 Å². The van der Waals surface area contributed by atoms with Crippen molar-refractivity contribution in [1.29, 1.82) is 0 Å². The Bertz CT molecular complexity index is 963. The molecule has 1 aromatic carbocycles. The van der Waals surface area contributed by atoms with Gasteiger partial charge < -0.3 is 5.32 Å². The van der Waals surface area contributed by atoms with Crippen LogP contribution < -0.4 is 10.6 Å². The Morgan fingerprint density at radius 1 is 1.39 bits per heavy atom. The van der Waals surface area contributed by atoms with E-state index in [0.717, 1.165) is 23.5 Å². The molecule has 0 radical (unpaired) electrons. The SMILES string of the molecule is Cc1ccc(Cc2cnc(NC(=O)C3(n4cccn4)CCNCC3)s2)cc1F. The number of anilines is 1. The number of nitrogens with zero attached hydrogens (tertiary/aromatic N) is 3. The molecule has 3 aromatic rings. The van der Waals surface area contributed by atoms with Crippen LogP contribution in [0.5, 0.6) is 0 Å². The average molecular weight is 399 g/mol. The van der Waals surface area contributed by atoms with Gasteiger partial charge in [0.1, 0.15) is 11.4 Å². The topological polar surface area (TPSA) is 71.8 Å². The molecule has 0 aliphatic carbocycles. The van der Waals surface area contributed by atoms with E-state index in [1.54, 1.807) is 36.1 Å². The maximum Gasteiger partial charge on any atom is 0.254 e. The molecule has 2 N–H and O–H groups in total. The smallest absolute Gasteiger partial charge is 0.254 e.